The first-order valence-corrected chi connectivity index (χ1v) is 4.12. The molecule has 74 valence electrons. The average Bonchev–Trinajstić information content (AvgIpc) is 2.63. The molecule has 0 radical (unpaired) electrons. The van der Waals surface area contributed by atoms with Crippen molar-refractivity contribution in [3.8, 4) is 0 Å². The molecule has 1 N–H and O–H groups in total. The Balaban J connectivity index is 1.90. The third-order valence-corrected chi connectivity index (χ3v) is 1.41. The molecular formula is C8H14N2O3. The van der Waals surface area contributed by atoms with E-state index in [9.17, 15) is 0 Å². The molecule has 5 nitrogen and oxygen atoms in total. The zero-order valence-electron chi connectivity index (χ0n) is 7.66. The number of oxazole rings is 1. The summed E-state index contributed by atoms with van der Waals surface area (Å²) in [6.45, 7) is 2.58. The Kier molecular flexibility index (Phi) is 4.97. The van der Waals surface area contributed by atoms with Gasteiger partial charge < -0.3 is 19.2 Å². The lowest BCUT2D eigenvalue weighted by Crippen LogP contribution is -2.11. The lowest BCUT2D eigenvalue weighted by atomic mass is 10.6. The largest absolute Gasteiger partial charge is 0.428 e. The summed E-state index contributed by atoms with van der Waals surface area (Å²) in [6, 6.07) is 0. The minimum absolute atomic E-state index is 0.620. The fourth-order valence-electron chi connectivity index (χ4n) is 0.794. The summed E-state index contributed by atoms with van der Waals surface area (Å²) in [5.41, 5.74) is 0. The Morgan fingerprint density at radius 3 is 3.08 bits per heavy atom. The Labute approximate surface area is 77.0 Å². The van der Waals surface area contributed by atoms with E-state index in [-0.39, 0.29) is 0 Å². The van der Waals surface area contributed by atoms with Crippen LogP contribution in [-0.4, -0.2) is 38.5 Å². The van der Waals surface area contributed by atoms with Crippen LogP contribution in [-0.2, 0) is 9.47 Å². The van der Waals surface area contributed by atoms with E-state index in [4.69, 9.17) is 13.9 Å². The van der Waals surface area contributed by atoms with Crippen molar-refractivity contribution in [2.24, 2.45) is 0 Å². The third kappa shape index (κ3) is 4.49. The van der Waals surface area contributed by atoms with Gasteiger partial charge in [-0.15, -0.1) is 0 Å². The number of nitrogens with zero attached hydrogens (tertiary/aromatic N) is 1. The van der Waals surface area contributed by atoms with Crippen LogP contribution in [0.15, 0.2) is 17.0 Å². The van der Waals surface area contributed by atoms with Gasteiger partial charge in [0, 0.05) is 13.7 Å². The minimum atomic E-state index is 0.620. The van der Waals surface area contributed by atoms with Gasteiger partial charge in [0.15, 0.2) is 6.39 Å². The highest BCUT2D eigenvalue weighted by Gasteiger charge is 1.93. The third-order valence-electron chi connectivity index (χ3n) is 1.41. The molecule has 0 bridgehead atoms. The van der Waals surface area contributed by atoms with Gasteiger partial charge in [-0.3, -0.25) is 0 Å². The fraction of sp³-hybridized carbons (Fsp3) is 0.625. The summed E-state index contributed by atoms with van der Waals surface area (Å²) in [7, 11) is 1.65. The van der Waals surface area contributed by atoms with Crippen LogP contribution in [0.5, 0.6) is 0 Å². The first-order valence-electron chi connectivity index (χ1n) is 4.12. The summed E-state index contributed by atoms with van der Waals surface area (Å²) >= 11 is 0. The quantitative estimate of drug-likeness (QED) is 0.637. The van der Waals surface area contributed by atoms with Crippen LogP contribution in [0.1, 0.15) is 0 Å². The molecule has 1 aromatic heterocycles. The molecule has 0 fully saturated rings. The number of hydrogen-bond donors (Lipinski definition) is 1. The molecule has 0 unspecified atom stereocenters. The van der Waals surface area contributed by atoms with Crippen molar-refractivity contribution in [2.45, 2.75) is 0 Å². The van der Waals surface area contributed by atoms with Crippen molar-refractivity contribution in [3.63, 3.8) is 0 Å². The summed E-state index contributed by atoms with van der Waals surface area (Å²) in [5.74, 6) is 0.662. The molecule has 0 aliphatic carbocycles. The van der Waals surface area contributed by atoms with Crippen molar-refractivity contribution >= 4 is 5.88 Å². The van der Waals surface area contributed by atoms with Crippen LogP contribution in [0.25, 0.3) is 0 Å². The molecular weight excluding hydrogens is 172 g/mol. The summed E-state index contributed by atoms with van der Waals surface area (Å²) < 4.78 is 15.0. The molecule has 5 heteroatoms. The molecule has 0 saturated carbocycles. The Morgan fingerprint density at radius 2 is 2.38 bits per heavy atom. The van der Waals surface area contributed by atoms with E-state index in [0.717, 1.165) is 0 Å². The van der Waals surface area contributed by atoms with E-state index >= 15 is 0 Å². The highest BCUT2D eigenvalue weighted by molar-refractivity contribution is 5.25. The van der Waals surface area contributed by atoms with Crippen LogP contribution in [0, 0.1) is 0 Å². The van der Waals surface area contributed by atoms with Gasteiger partial charge in [-0.1, -0.05) is 0 Å². The lowest BCUT2D eigenvalue weighted by molar-refractivity contribution is 0.0758. The SMILES string of the molecule is COCCOCCNc1cnco1. The van der Waals surface area contributed by atoms with Gasteiger partial charge in [0.2, 0.25) is 5.88 Å². The maximum atomic E-state index is 5.22. The van der Waals surface area contributed by atoms with Crippen molar-refractivity contribution in [3.05, 3.63) is 12.6 Å². The number of methoxy groups -OCH3 is 1. The van der Waals surface area contributed by atoms with Crippen molar-refractivity contribution in [2.75, 3.05) is 38.8 Å². The molecule has 13 heavy (non-hydrogen) atoms. The number of nitrogens with one attached hydrogen (secondary N) is 1. The first-order chi connectivity index (χ1) is 6.43. The van der Waals surface area contributed by atoms with Crippen molar-refractivity contribution < 1.29 is 13.9 Å². The Morgan fingerprint density at radius 1 is 1.46 bits per heavy atom. The topological polar surface area (TPSA) is 56.5 Å². The van der Waals surface area contributed by atoms with E-state index in [0.29, 0.717) is 32.2 Å². The minimum Gasteiger partial charge on any atom is -0.428 e. The predicted molar refractivity (Wildman–Crippen MR) is 47.7 cm³/mol. The van der Waals surface area contributed by atoms with Crippen LogP contribution in [0.4, 0.5) is 5.88 Å². The molecule has 0 amide bonds. The molecule has 0 aliphatic rings. The van der Waals surface area contributed by atoms with Crippen molar-refractivity contribution in [1.29, 1.82) is 0 Å². The Hall–Kier alpha value is -1.07. The molecule has 0 aliphatic heterocycles. The smallest absolute Gasteiger partial charge is 0.213 e. The molecule has 0 aromatic carbocycles. The van der Waals surface area contributed by atoms with Gasteiger partial charge in [0.25, 0.3) is 0 Å². The molecule has 1 heterocycles. The highest BCUT2D eigenvalue weighted by atomic mass is 16.5. The second kappa shape index (κ2) is 6.45. The molecule has 1 rings (SSSR count). The lowest BCUT2D eigenvalue weighted by Gasteiger charge is -2.03. The van der Waals surface area contributed by atoms with E-state index in [1.807, 2.05) is 0 Å². The number of hydrogen-bond acceptors (Lipinski definition) is 5. The zero-order valence-corrected chi connectivity index (χ0v) is 7.66. The fourth-order valence-corrected chi connectivity index (χ4v) is 0.794. The average molecular weight is 186 g/mol. The number of rotatable bonds is 7. The molecule has 1 aromatic rings. The monoisotopic (exact) mass is 186 g/mol. The van der Waals surface area contributed by atoms with Gasteiger partial charge in [-0.25, -0.2) is 4.98 Å². The maximum absolute atomic E-state index is 5.22. The second-order valence-corrected chi connectivity index (χ2v) is 2.40. The van der Waals surface area contributed by atoms with E-state index < -0.39 is 0 Å². The number of ether oxygens (including phenoxy) is 2. The Bertz CT molecular complexity index is 201. The standard InChI is InChI=1S/C8H14N2O3/c1-11-4-5-12-3-2-10-8-6-9-7-13-8/h6-7,10H,2-5H2,1H3. The predicted octanol–water partition coefficient (Wildman–Crippen LogP) is 0.749. The summed E-state index contributed by atoms with van der Waals surface area (Å²) in [5, 5.41) is 3.01. The molecule has 0 saturated heterocycles. The highest BCUT2D eigenvalue weighted by Crippen LogP contribution is 2.01. The van der Waals surface area contributed by atoms with Gasteiger partial charge >= 0.3 is 0 Å². The van der Waals surface area contributed by atoms with Crippen molar-refractivity contribution in [1.82, 2.24) is 4.98 Å². The summed E-state index contributed by atoms with van der Waals surface area (Å²) in [4.78, 5) is 3.76. The number of anilines is 1. The van der Waals surface area contributed by atoms with Gasteiger partial charge in [-0.2, -0.15) is 0 Å². The normalized spacial score (nSPS) is 10.2. The van der Waals surface area contributed by atoms with Gasteiger partial charge in [-0.05, 0) is 0 Å². The number of aromatic nitrogens is 1. The van der Waals surface area contributed by atoms with Crippen LogP contribution in [0.2, 0.25) is 0 Å². The molecule has 0 atom stereocenters. The van der Waals surface area contributed by atoms with E-state index in [2.05, 4.69) is 10.3 Å². The van der Waals surface area contributed by atoms with E-state index in [1.165, 1.54) is 6.39 Å². The van der Waals surface area contributed by atoms with Crippen LogP contribution >= 0.6 is 0 Å². The van der Waals surface area contributed by atoms with Crippen LogP contribution < -0.4 is 5.32 Å². The van der Waals surface area contributed by atoms with E-state index in [1.54, 1.807) is 13.3 Å². The van der Waals surface area contributed by atoms with Gasteiger partial charge in [0.1, 0.15) is 0 Å². The van der Waals surface area contributed by atoms with Gasteiger partial charge in [0.05, 0.1) is 26.0 Å². The molecule has 0 spiro atoms. The van der Waals surface area contributed by atoms with Crippen LogP contribution in [0.3, 0.4) is 0 Å². The first kappa shape index (κ1) is 10.0. The maximum Gasteiger partial charge on any atom is 0.213 e. The second-order valence-electron chi connectivity index (χ2n) is 2.40. The zero-order chi connectivity index (χ0) is 9.36. The summed E-state index contributed by atoms with van der Waals surface area (Å²) in [6.07, 6.45) is 3.00.